The van der Waals surface area contributed by atoms with Crippen molar-refractivity contribution in [1.29, 1.82) is 0 Å². The number of rotatable bonds is 6. The van der Waals surface area contributed by atoms with Crippen LogP contribution in [0, 0.1) is 6.92 Å². The highest BCUT2D eigenvalue weighted by Crippen LogP contribution is 2.24. The van der Waals surface area contributed by atoms with E-state index in [9.17, 15) is 0 Å². The third-order valence-electron chi connectivity index (χ3n) is 4.34. The third kappa shape index (κ3) is 4.32. The van der Waals surface area contributed by atoms with Crippen LogP contribution in [-0.4, -0.2) is 15.0 Å². The van der Waals surface area contributed by atoms with E-state index in [2.05, 4.69) is 28.6 Å². The number of para-hydroxylation sites is 1. The highest BCUT2D eigenvalue weighted by atomic mass is 15.1. The van der Waals surface area contributed by atoms with E-state index in [1.54, 1.807) is 6.20 Å². The molecule has 0 atom stereocenters. The Morgan fingerprint density at radius 1 is 0.786 bits per heavy atom. The summed E-state index contributed by atoms with van der Waals surface area (Å²) in [5.41, 5.74) is 4.11. The van der Waals surface area contributed by atoms with Crippen LogP contribution in [0.5, 0.6) is 0 Å². The van der Waals surface area contributed by atoms with Crippen LogP contribution in [0.15, 0.2) is 85.1 Å². The van der Waals surface area contributed by atoms with E-state index in [0.29, 0.717) is 12.4 Å². The van der Waals surface area contributed by atoms with Gasteiger partial charge in [0.15, 0.2) is 5.82 Å². The Morgan fingerprint density at radius 2 is 1.54 bits per heavy atom. The average molecular weight is 367 g/mol. The van der Waals surface area contributed by atoms with Gasteiger partial charge in [-0.25, -0.2) is 9.97 Å². The van der Waals surface area contributed by atoms with Gasteiger partial charge in [-0.15, -0.1) is 0 Å². The highest BCUT2D eigenvalue weighted by molar-refractivity contribution is 5.66. The molecule has 4 rings (SSSR count). The first-order valence-electron chi connectivity index (χ1n) is 9.19. The predicted molar refractivity (Wildman–Crippen MR) is 113 cm³/mol. The molecule has 0 radical (unpaired) electrons. The molecule has 0 saturated carbocycles. The summed E-state index contributed by atoms with van der Waals surface area (Å²) in [6, 6.07) is 25.9. The van der Waals surface area contributed by atoms with Crippen molar-refractivity contribution in [1.82, 2.24) is 15.0 Å². The molecule has 0 unspecified atom stereocenters. The predicted octanol–water partition coefficient (Wildman–Crippen LogP) is 5.20. The summed E-state index contributed by atoms with van der Waals surface area (Å²) in [6.07, 6.45) is 1.79. The van der Waals surface area contributed by atoms with Gasteiger partial charge in [0, 0.05) is 23.5 Å². The van der Waals surface area contributed by atoms with Crippen LogP contribution in [0.25, 0.3) is 11.4 Å². The largest absolute Gasteiger partial charge is 0.364 e. The van der Waals surface area contributed by atoms with Crippen molar-refractivity contribution < 1.29 is 0 Å². The highest BCUT2D eigenvalue weighted by Gasteiger charge is 2.08. The van der Waals surface area contributed by atoms with Gasteiger partial charge < -0.3 is 10.6 Å². The maximum absolute atomic E-state index is 4.72. The molecular formula is C23H21N5. The molecule has 0 amide bonds. The number of anilines is 3. The number of hydrogen-bond donors (Lipinski definition) is 2. The first-order chi connectivity index (χ1) is 13.8. The van der Waals surface area contributed by atoms with E-state index in [-0.39, 0.29) is 0 Å². The van der Waals surface area contributed by atoms with E-state index in [1.165, 1.54) is 0 Å². The fraction of sp³-hybridized carbons (Fsp3) is 0.0870. The van der Waals surface area contributed by atoms with Crippen LogP contribution in [0.3, 0.4) is 0 Å². The molecule has 2 N–H and O–H groups in total. The van der Waals surface area contributed by atoms with Crippen molar-refractivity contribution in [3.8, 4) is 11.4 Å². The van der Waals surface area contributed by atoms with Gasteiger partial charge in [0.1, 0.15) is 11.6 Å². The van der Waals surface area contributed by atoms with Gasteiger partial charge in [-0.3, -0.25) is 4.98 Å². The number of nitrogens with zero attached hydrogens (tertiary/aromatic N) is 3. The Bertz CT molecular complexity index is 1050. The molecule has 0 aliphatic carbocycles. The first-order valence-corrected chi connectivity index (χ1v) is 9.19. The van der Waals surface area contributed by atoms with Gasteiger partial charge in [-0.05, 0) is 30.7 Å². The number of aromatic nitrogens is 3. The van der Waals surface area contributed by atoms with Crippen molar-refractivity contribution >= 4 is 17.3 Å². The maximum Gasteiger partial charge on any atom is 0.163 e. The zero-order valence-corrected chi connectivity index (χ0v) is 15.6. The molecule has 4 aromatic rings. The Labute approximate surface area is 164 Å². The van der Waals surface area contributed by atoms with Crippen LogP contribution in [0.4, 0.5) is 17.3 Å². The second kappa shape index (κ2) is 8.31. The van der Waals surface area contributed by atoms with Crippen molar-refractivity contribution in [2.45, 2.75) is 13.5 Å². The Balaban J connectivity index is 1.65. The minimum atomic E-state index is 0.593. The van der Waals surface area contributed by atoms with Gasteiger partial charge in [0.25, 0.3) is 0 Å². The Morgan fingerprint density at radius 3 is 2.32 bits per heavy atom. The number of aryl methyl sites for hydroxylation is 1. The molecule has 2 aromatic carbocycles. The van der Waals surface area contributed by atoms with Crippen LogP contribution >= 0.6 is 0 Å². The van der Waals surface area contributed by atoms with Gasteiger partial charge >= 0.3 is 0 Å². The fourth-order valence-corrected chi connectivity index (χ4v) is 2.85. The monoisotopic (exact) mass is 367 g/mol. The van der Waals surface area contributed by atoms with Gasteiger partial charge in [0.2, 0.25) is 0 Å². The number of pyridine rings is 1. The number of nitrogens with one attached hydrogen (secondary N) is 2. The van der Waals surface area contributed by atoms with E-state index >= 15 is 0 Å². The zero-order chi connectivity index (χ0) is 19.2. The molecular weight excluding hydrogens is 346 g/mol. The van der Waals surface area contributed by atoms with E-state index in [4.69, 9.17) is 9.97 Å². The van der Waals surface area contributed by atoms with Crippen LogP contribution in [0.2, 0.25) is 0 Å². The zero-order valence-electron chi connectivity index (χ0n) is 15.6. The lowest BCUT2D eigenvalue weighted by Crippen LogP contribution is -2.06. The fourth-order valence-electron chi connectivity index (χ4n) is 2.85. The smallest absolute Gasteiger partial charge is 0.163 e. The van der Waals surface area contributed by atoms with Crippen molar-refractivity contribution in [2.24, 2.45) is 0 Å². The third-order valence-corrected chi connectivity index (χ3v) is 4.34. The molecule has 5 nitrogen and oxygen atoms in total. The lowest BCUT2D eigenvalue weighted by atomic mass is 10.2. The molecule has 0 aliphatic rings. The molecule has 2 heterocycles. The van der Waals surface area contributed by atoms with Gasteiger partial charge in [-0.2, -0.15) is 0 Å². The minimum absolute atomic E-state index is 0.593. The molecule has 28 heavy (non-hydrogen) atoms. The van der Waals surface area contributed by atoms with Crippen molar-refractivity contribution in [3.63, 3.8) is 0 Å². The number of hydrogen-bond acceptors (Lipinski definition) is 5. The summed E-state index contributed by atoms with van der Waals surface area (Å²) in [7, 11) is 0. The topological polar surface area (TPSA) is 62.7 Å². The molecule has 0 saturated heterocycles. The number of benzene rings is 2. The summed E-state index contributed by atoms with van der Waals surface area (Å²) in [5, 5.41) is 6.77. The lowest BCUT2D eigenvalue weighted by molar-refractivity contribution is 1.02. The van der Waals surface area contributed by atoms with E-state index < -0.39 is 0 Å². The second-order valence-corrected chi connectivity index (χ2v) is 6.44. The molecule has 0 aliphatic heterocycles. The maximum atomic E-state index is 4.72. The average Bonchev–Trinajstić information content (AvgIpc) is 2.75. The Kier molecular flexibility index (Phi) is 5.24. The van der Waals surface area contributed by atoms with Crippen molar-refractivity contribution in [2.75, 3.05) is 10.6 Å². The second-order valence-electron chi connectivity index (χ2n) is 6.44. The SMILES string of the molecule is Cc1ccccc1Nc1cc(NCc2ccccn2)nc(-c2ccccc2)n1. The summed E-state index contributed by atoms with van der Waals surface area (Å²) >= 11 is 0. The van der Waals surface area contributed by atoms with Crippen LogP contribution in [-0.2, 0) is 6.54 Å². The standard InChI is InChI=1S/C23H21N5/c1-17-9-5-6-13-20(17)26-22-15-21(25-16-19-12-7-8-14-24-19)27-23(28-22)18-10-3-2-4-11-18/h2-15H,16H2,1H3,(H2,25,26,27,28). The van der Waals surface area contributed by atoms with E-state index in [0.717, 1.165) is 34.1 Å². The quantitative estimate of drug-likeness (QED) is 0.490. The molecule has 5 heteroatoms. The summed E-state index contributed by atoms with van der Waals surface area (Å²) < 4.78 is 0. The first kappa shape index (κ1) is 17.7. The molecule has 138 valence electrons. The van der Waals surface area contributed by atoms with Gasteiger partial charge in [-0.1, -0.05) is 54.6 Å². The molecule has 0 fully saturated rings. The van der Waals surface area contributed by atoms with Gasteiger partial charge in [0.05, 0.1) is 12.2 Å². The molecule has 0 bridgehead atoms. The molecule has 2 aromatic heterocycles. The summed E-state index contributed by atoms with van der Waals surface area (Å²) in [6.45, 7) is 2.66. The van der Waals surface area contributed by atoms with Crippen molar-refractivity contribution in [3.05, 3.63) is 96.3 Å². The Hall–Kier alpha value is -3.73. The summed E-state index contributed by atoms with van der Waals surface area (Å²) in [4.78, 5) is 13.8. The normalized spacial score (nSPS) is 10.5. The van der Waals surface area contributed by atoms with Crippen LogP contribution in [0.1, 0.15) is 11.3 Å². The van der Waals surface area contributed by atoms with Crippen LogP contribution < -0.4 is 10.6 Å². The minimum Gasteiger partial charge on any atom is -0.364 e. The summed E-state index contributed by atoms with van der Waals surface area (Å²) in [5.74, 6) is 2.16. The van der Waals surface area contributed by atoms with E-state index in [1.807, 2.05) is 72.8 Å². The molecule has 0 spiro atoms. The lowest BCUT2D eigenvalue weighted by Gasteiger charge is -2.13.